The highest BCUT2D eigenvalue weighted by atomic mass is 16.5. The van der Waals surface area contributed by atoms with E-state index in [4.69, 9.17) is 4.74 Å². The van der Waals surface area contributed by atoms with Crippen molar-refractivity contribution in [2.24, 2.45) is 0 Å². The molecule has 0 radical (unpaired) electrons. The summed E-state index contributed by atoms with van der Waals surface area (Å²) in [5.74, 6) is -0.00931. The maximum Gasteiger partial charge on any atom is 0.338 e. The van der Waals surface area contributed by atoms with E-state index in [1.807, 2.05) is 0 Å². The van der Waals surface area contributed by atoms with Crippen molar-refractivity contribution in [2.45, 2.75) is 51.2 Å². The first-order chi connectivity index (χ1) is 7.82. The fraction of sp³-hybridized carbons (Fsp3) is 0.615. The third-order valence-corrected chi connectivity index (χ3v) is 2.73. The molecule has 0 aromatic carbocycles. The second kappa shape index (κ2) is 5.47. The number of hydrogen-bond acceptors (Lipinski definition) is 4. The molecule has 96 valence electrons. The summed E-state index contributed by atoms with van der Waals surface area (Å²) in [6.07, 6.45) is 2.99. The molecule has 0 saturated heterocycles. The zero-order chi connectivity index (χ0) is 13.1. The number of aliphatic hydroxyl groups is 2. The van der Waals surface area contributed by atoms with Crippen LogP contribution in [0.1, 0.15) is 39.5 Å². The Kier molecular flexibility index (Phi) is 4.48. The Morgan fingerprint density at radius 1 is 1.71 bits per heavy atom. The summed E-state index contributed by atoms with van der Waals surface area (Å²) in [4.78, 5) is 11.4. The highest BCUT2D eigenvalue weighted by Gasteiger charge is 2.33. The summed E-state index contributed by atoms with van der Waals surface area (Å²) in [5.41, 5.74) is -0.649. The predicted octanol–water partition coefficient (Wildman–Crippen LogP) is 1.68. The molecule has 2 N–H and O–H groups in total. The van der Waals surface area contributed by atoms with Gasteiger partial charge < -0.3 is 14.9 Å². The molecule has 0 aromatic heterocycles. The third kappa shape index (κ3) is 4.32. The van der Waals surface area contributed by atoms with Crippen molar-refractivity contribution in [2.75, 3.05) is 0 Å². The van der Waals surface area contributed by atoms with E-state index in [-0.39, 0.29) is 12.8 Å². The van der Waals surface area contributed by atoms with Crippen LogP contribution in [0, 0.1) is 0 Å². The molecule has 0 saturated carbocycles. The lowest BCUT2D eigenvalue weighted by Crippen LogP contribution is -2.35. The molecule has 4 nitrogen and oxygen atoms in total. The lowest BCUT2D eigenvalue weighted by molar-refractivity contribution is -0.136. The van der Waals surface area contributed by atoms with Gasteiger partial charge in [0.05, 0.1) is 11.7 Å². The minimum atomic E-state index is -0.979. The van der Waals surface area contributed by atoms with E-state index in [9.17, 15) is 15.0 Å². The molecule has 1 rings (SSSR count). The molecule has 0 aliphatic heterocycles. The van der Waals surface area contributed by atoms with E-state index in [1.54, 1.807) is 19.9 Å². The zero-order valence-electron chi connectivity index (χ0n) is 10.4. The molecule has 0 heterocycles. The van der Waals surface area contributed by atoms with Gasteiger partial charge in [0.15, 0.2) is 0 Å². The Labute approximate surface area is 102 Å². The molecule has 4 heteroatoms. The molecule has 0 fully saturated rings. The van der Waals surface area contributed by atoms with Crippen molar-refractivity contribution in [3.8, 4) is 0 Å². The number of rotatable bonds is 4. The molecule has 2 atom stereocenters. The van der Waals surface area contributed by atoms with Crippen LogP contribution in [0.15, 0.2) is 24.0 Å². The molecule has 0 aromatic rings. The summed E-state index contributed by atoms with van der Waals surface area (Å²) >= 11 is 0. The molecule has 1 aliphatic rings. The van der Waals surface area contributed by atoms with Gasteiger partial charge in [-0.2, -0.15) is 0 Å². The fourth-order valence-electron chi connectivity index (χ4n) is 1.99. The van der Waals surface area contributed by atoms with Crippen LogP contribution < -0.4 is 0 Å². The third-order valence-electron chi connectivity index (χ3n) is 2.73. The second-order valence-corrected chi connectivity index (χ2v) is 4.83. The molecular weight excluding hydrogens is 220 g/mol. The highest BCUT2D eigenvalue weighted by molar-refractivity contribution is 5.87. The van der Waals surface area contributed by atoms with Crippen LogP contribution in [-0.2, 0) is 9.53 Å². The van der Waals surface area contributed by atoms with Crippen LogP contribution in [-0.4, -0.2) is 27.9 Å². The molecule has 1 aliphatic carbocycles. The van der Waals surface area contributed by atoms with Gasteiger partial charge in [0, 0.05) is 18.4 Å². The summed E-state index contributed by atoms with van der Waals surface area (Å²) in [6.45, 7) is 6.71. The van der Waals surface area contributed by atoms with Gasteiger partial charge in [-0.25, -0.2) is 4.79 Å². The Morgan fingerprint density at radius 2 is 2.35 bits per heavy atom. The Bertz CT molecular complexity index is 343. The van der Waals surface area contributed by atoms with E-state index in [0.29, 0.717) is 24.2 Å². The maximum absolute atomic E-state index is 11.4. The van der Waals surface area contributed by atoms with Gasteiger partial charge in [-0.1, -0.05) is 6.58 Å². The summed E-state index contributed by atoms with van der Waals surface area (Å²) in [6, 6.07) is 0. The van der Waals surface area contributed by atoms with Crippen molar-refractivity contribution in [3.63, 3.8) is 0 Å². The summed E-state index contributed by atoms with van der Waals surface area (Å²) < 4.78 is 5.11. The van der Waals surface area contributed by atoms with Crippen molar-refractivity contribution < 1.29 is 19.7 Å². The summed E-state index contributed by atoms with van der Waals surface area (Å²) in [7, 11) is 0. The Balaban J connectivity index is 2.62. The van der Waals surface area contributed by atoms with Crippen LogP contribution in [0.3, 0.4) is 0 Å². The van der Waals surface area contributed by atoms with Crippen LogP contribution in [0.2, 0.25) is 0 Å². The normalized spacial score (nSPS) is 26.0. The minimum Gasteiger partial charge on any atom is -0.428 e. The lowest BCUT2D eigenvalue weighted by Gasteiger charge is -2.32. The number of aliphatic hydroxyl groups excluding tert-OH is 1. The largest absolute Gasteiger partial charge is 0.428 e. The minimum absolute atomic E-state index is 0.261. The van der Waals surface area contributed by atoms with Crippen LogP contribution in [0.4, 0.5) is 0 Å². The quantitative estimate of drug-likeness (QED) is 0.579. The van der Waals surface area contributed by atoms with Gasteiger partial charge in [0.2, 0.25) is 0 Å². The van der Waals surface area contributed by atoms with Gasteiger partial charge in [0.1, 0.15) is 5.76 Å². The van der Waals surface area contributed by atoms with Gasteiger partial charge in [-0.3, -0.25) is 0 Å². The van der Waals surface area contributed by atoms with Crippen molar-refractivity contribution in [3.05, 3.63) is 24.0 Å². The van der Waals surface area contributed by atoms with Gasteiger partial charge in [-0.05, 0) is 32.8 Å². The van der Waals surface area contributed by atoms with Gasteiger partial charge >= 0.3 is 5.97 Å². The lowest BCUT2D eigenvalue weighted by atomic mass is 9.84. The smallest absolute Gasteiger partial charge is 0.338 e. The maximum atomic E-state index is 11.4. The monoisotopic (exact) mass is 240 g/mol. The van der Waals surface area contributed by atoms with Crippen LogP contribution in [0.5, 0.6) is 0 Å². The molecule has 2 unspecified atom stereocenters. The standard InChI is InChI=1S/C13H20O4/c1-9(2)12(15)17-11-5-4-6-13(16,8-11)7-10(3)14/h5,10,14,16H,1,4,6-8H2,2-3H3. The first-order valence-electron chi connectivity index (χ1n) is 5.79. The summed E-state index contributed by atoms with van der Waals surface area (Å²) in [5, 5.41) is 19.6. The number of ether oxygens (including phenoxy) is 1. The molecule has 0 bridgehead atoms. The average Bonchev–Trinajstić information content (AvgIpc) is 2.15. The van der Waals surface area contributed by atoms with E-state index in [1.165, 1.54) is 0 Å². The number of carbonyl (C=O) groups excluding carboxylic acids is 1. The van der Waals surface area contributed by atoms with Crippen molar-refractivity contribution in [1.29, 1.82) is 0 Å². The van der Waals surface area contributed by atoms with E-state index in [2.05, 4.69) is 6.58 Å². The molecular formula is C13H20O4. The van der Waals surface area contributed by atoms with Crippen molar-refractivity contribution >= 4 is 5.97 Å². The fourth-order valence-corrected chi connectivity index (χ4v) is 1.99. The predicted molar refractivity (Wildman–Crippen MR) is 64.1 cm³/mol. The van der Waals surface area contributed by atoms with Crippen LogP contribution >= 0.6 is 0 Å². The SMILES string of the molecule is C=C(C)C(=O)OC1=CCCC(O)(CC(C)O)C1. The number of hydrogen-bond donors (Lipinski definition) is 2. The topological polar surface area (TPSA) is 66.8 Å². The van der Waals surface area contributed by atoms with Crippen LogP contribution in [0.25, 0.3) is 0 Å². The van der Waals surface area contributed by atoms with Gasteiger partial charge in [0.25, 0.3) is 0 Å². The van der Waals surface area contributed by atoms with Crippen molar-refractivity contribution in [1.82, 2.24) is 0 Å². The number of esters is 1. The van der Waals surface area contributed by atoms with Gasteiger partial charge in [-0.15, -0.1) is 0 Å². The Hall–Kier alpha value is -1.13. The first-order valence-corrected chi connectivity index (χ1v) is 5.79. The first kappa shape index (κ1) is 13.9. The number of allylic oxidation sites excluding steroid dienone is 1. The van der Waals surface area contributed by atoms with E-state index < -0.39 is 17.7 Å². The average molecular weight is 240 g/mol. The second-order valence-electron chi connectivity index (χ2n) is 4.83. The van der Waals surface area contributed by atoms with E-state index >= 15 is 0 Å². The highest BCUT2D eigenvalue weighted by Crippen LogP contribution is 2.32. The Morgan fingerprint density at radius 3 is 2.88 bits per heavy atom. The molecule has 17 heavy (non-hydrogen) atoms. The molecule has 0 spiro atoms. The van der Waals surface area contributed by atoms with E-state index in [0.717, 1.165) is 0 Å². The zero-order valence-corrected chi connectivity index (χ0v) is 10.4. The number of carbonyl (C=O) groups is 1. The molecule has 0 amide bonds.